The molecule has 3 nitrogen and oxygen atoms in total. The molecule has 1 aliphatic heterocycles. The Labute approximate surface area is 148 Å². The Morgan fingerprint density at radius 1 is 1.08 bits per heavy atom. The smallest absolute Gasteiger partial charge is 0.253 e. The summed E-state index contributed by atoms with van der Waals surface area (Å²) in [6.07, 6.45) is 2.00. The highest BCUT2D eigenvalue weighted by Gasteiger charge is 2.29. The number of halogens is 1. The van der Waals surface area contributed by atoms with Gasteiger partial charge in [-0.05, 0) is 48.6 Å². The largest absolute Gasteiger partial charge is 0.376 e. The number of amides is 1. The molecule has 1 aliphatic rings. The van der Waals surface area contributed by atoms with E-state index in [2.05, 4.69) is 12.1 Å². The molecule has 1 atom stereocenters. The number of hydrogen-bond donors (Lipinski definition) is 0. The van der Waals surface area contributed by atoms with Crippen LogP contribution in [0.3, 0.4) is 0 Å². The van der Waals surface area contributed by atoms with Gasteiger partial charge < -0.3 is 9.64 Å². The van der Waals surface area contributed by atoms with Gasteiger partial charge in [0, 0.05) is 30.8 Å². The lowest BCUT2D eigenvalue weighted by Gasteiger charge is -2.35. The number of piperidine rings is 1. The van der Waals surface area contributed by atoms with E-state index < -0.39 is 0 Å². The van der Waals surface area contributed by atoms with Gasteiger partial charge in [0.25, 0.3) is 5.91 Å². The molecule has 1 heterocycles. The number of benzene rings is 2. The van der Waals surface area contributed by atoms with E-state index in [-0.39, 0.29) is 12.0 Å². The average Bonchev–Trinajstić information content (AvgIpc) is 2.64. The molecule has 126 valence electrons. The first-order chi connectivity index (χ1) is 11.7. The van der Waals surface area contributed by atoms with E-state index in [0.717, 1.165) is 25.9 Å². The van der Waals surface area contributed by atoms with Gasteiger partial charge in [0.2, 0.25) is 0 Å². The summed E-state index contributed by atoms with van der Waals surface area (Å²) >= 11 is 5.89. The Morgan fingerprint density at radius 3 is 2.29 bits per heavy atom. The quantitative estimate of drug-likeness (QED) is 0.813. The number of carbonyl (C=O) groups is 1. The van der Waals surface area contributed by atoms with Crippen LogP contribution in [0.4, 0.5) is 0 Å². The van der Waals surface area contributed by atoms with E-state index in [1.807, 2.05) is 23.1 Å². The number of methoxy groups -OCH3 is 1. The van der Waals surface area contributed by atoms with Crippen molar-refractivity contribution in [3.63, 3.8) is 0 Å². The summed E-state index contributed by atoms with van der Waals surface area (Å²) in [5.41, 5.74) is 1.91. The van der Waals surface area contributed by atoms with Crippen LogP contribution in [0.15, 0.2) is 54.6 Å². The van der Waals surface area contributed by atoms with Gasteiger partial charge in [-0.25, -0.2) is 0 Å². The fourth-order valence-corrected chi connectivity index (χ4v) is 3.55. The van der Waals surface area contributed by atoms with Crippen molar-refractivity contribution in [2.45, 2.75) is 18.9 Å². The molecule has 2 aromatic rings. The zero-order valence-electron chi connectivity index (χ0n) is 13.8. The third kappa shape index (κ3) is 3.80. The lowest BCUT2D eigenvalue weighted by atomic mass is 9.87. The topological polar surface area (TPSA) is 29.5 Å². The van der Waals surface area contributed by atoms with Crippen LogP contribution in [0.1, 0.15) is 34.9 Å². The highest BCUT2D eigenvalue weighted by Crippen LogP contribution is 2.33. The van der Waals surface area contributed by atoms with Gasteiger partial charge in [-0.2, -0.15) is 0 Å². The van der Waals surface area contributed by atoms with Crippen LogP contribution in [-0.2, 0) is 4.74 Å². The highest BCUT2D eigenvalue weighted by atomic mass is 35.5. The van der Waals surface area contributed by atoms with Gasteiger partial charge in [0.1, 0.15) is 0 Å². The summed E-state index contributed by atoms with van der Waals surface area (Å²) in [5, 5.41) is 0.649. The molecule has 0 bridgehead atoms. The standard InChI is InChI=1S/C20H22ClNO2/c1-24-19(15-5-3-2-4-6-15)16-11-13-22(14-12-16)20(23)17-7-9-18(21)10-8-17/h2-10,16,19H,11-14H2,1H3. The average molecular weight is 344 g/mol. The number of rotatable bonds is 4. The SMILES string of the molecule is COC(c1ccccc1)C1CCN(C(=O)c2ccc(Cl)cc2)CC1. The fraction of sp³-hybridized carbons (Fsp3) is 0.350. The molecule has 0 saturated carbocycles. The van der Waals surface area contributed by atoms with E-state index in [9.17, 15) is 4.79 Å². The first-order valence-electron chi connectivity index (χ1n) is 8.31. The first kappa shape index (κ1) is 17.0. The van der Waals surface area contributed by atoms with Gasteiger partial charge in [-0.15, -0.1) is 0 Å². The Bertz CT molecular complexity index is 664. The molecular weight excluding hydrogens is 322 g/mol. The van der Waals surface area contributed by atoms with E-state index in [1.54, 1.807) is 31.4 Å². The number of likely N-dealkylation sites (tertiary alicyclic amines) is 1. The predicted molar refractivity (Wildman–Crippen MR) is 96.3 cm³/mol. The van der Waals surface area contributed by atoms with E-state index in [0.29, 0.717) is 16.5 Å². The maximum absolute atomic E-state index is 12.6. The molecule has 1 amide bonds. The molecule has 0 spiro atoms. The minimum atomic E-state index is 0.0822. The number of hydrogen-bond acceptors (Lipinski definition) is 2. The van der Waals surface area contributed by atoms with Crippen LogP contribution in [-0.4, -0.2) is 31.0 Å². The lowest BCUT2D eigenvalue weighted by Crippen LogP contribution is -2.40. The summed E-state index contributed by atoms with van der Waals surface area (Å²) < 4.78 is 5.75. The number of carbonyl (C=O) groups excluding carboxylic acids is 1. The molecule has 0 aliphatic carbocycles. The van der Waals surface area contributed by atoms with Crippen molar-refractivity contribution in [3.05, 3.63) is 70.7 Å². The van der Waals surface area contributed by atoms with Gasteiger partial charge in [-0.1, -0.05) is 41.9 Å². The monoisotopic (exact) mass is 343 g/mol. The van der Waals surface area contributed by atoms with Crippen LogP contribution in [0.5, 0.6) is 0 Å². The Kier molecular flexibility index (Phi) is 5.54. The van der Waals surface area contributed by atoms with E-state index >= 15 is 0 Å². The van der Waals surface area contributed by atoms with Crippen LogP contribution in [0, 0.1) is 5.92 Å². The molecule has 0 N–H and O–H groups in total. The summed E-state index contributed by atoms with van der Waals surface area (Å²) in [6, 6.07) is 17.4. The van der Waals surface area contributed by atoms with E-state index in [4.69, 9.17) is 16.3 Å². The van der Waals surface area contributed by atoms with Gasteiger partial charge in [-0.3, -0.25) is 4.79 Å². The highest BCUT2D eigenvalue weighted by molar-refractivity contribution is 6.30. The number of nitrogens with zero attached hydrogens (tertiary/aromatic N) is 1. The molecular formula is C20H22ClNO2. The molecule has 1 unspecified atom stereocenters. The summed E-state index contributed by atoms with van der Waals surface area (Å²) in [4.78, 5) is 14.5. The van der Waals surface area contributed by atoms with Gasteiger partial charge in [0.05, 0.1) is 6.10 Å². The first-order valence-corrected chi connectivity index (χ1v) is 8.69. The Balaban J connectivity index is 1.62. The van der Waals surface area contributed by atoms with Crippen molar-refractivity contribution in [2.24, 2.45) is 5.92 Å². The predicted octanol–water partition coefficient (Wildman–Crippen LogP) is 4.58. The minimum Gasteiger partial charge on any atom is -0.376 e. The van der Waals surface area contributed by atoms with E-state index in [1.165, 1.54) is 5.56 Å². The molecule has 1 saturated heterocycles. The van der Waals surface area contributed by atoms with Crippen molar-refractivity contribution < 1.29 is 9.53 Å². The summed E-state index contributed by atoms with van der Waals surface area (Å²) in [6.45, 7) is 1.53. The molecule has 4 heteroatoms. The van der Waals surface area contributed by atoms with Crippen molar-refractivity contribution in [2.75, 3.05) is 20.2 Å². The van der Waals surface area contributed by atoms with Crippen molar-refractivity contribution in [1.29, 1.82) is 0 Å². The molecule has 1 fully saturated rings. The number of ether oxygens (including phenoxy) is 1. The lowest BCUT2D eigenvalue weighted by molar-refractivity contribution is 0.0195. The third-order valence-electron chi connectivity index (χ3n) is 4.73. The molecule has 2 aromatic carbocycles. The minimum absolute atomic E-state index is 0.0822. The second kappa shape index (κ2) is 7.82. The molecule has 0 aromatic heterocycles. The van der Waals surface area contributed by atoms with Gasteiger partial charge >= 0.3 is 0 Å². The Hall–Kier alpha value is -1.84. The van der Waals surface area contributed by atoms with Crippen LogP contribution in [0.25, 0.3) is 0 Å². The molecule has 3 rings (SSSR count). The maximum Gasteiger partial charge on any atom is 0.253 e. The second-order valence-electron chi connectivity index (χ2n) is 6.20. The van der Waals surface area contributed by atoms with Crippen LogP contribution < -0.4 is 0 Å². The second-order valence-corrected chi connectivity index (χ2v) is 6.64. The zero-order valence-corrected chi connectivity index (χ0v) is 14.6. The summed E-state index contributed by atoms with van der Waals surface area (Å²) in [7, 11) is 1.77. The third-order valence-corrected chi connectivity index (χ3v) is 4.98. The summed E-state index contributed by atoms with van der Waals surface area (Å²) in [5.74, 6) is 0.519. The zero-order chi connectivity index (χ0) is 16.9. The van der Waals surface area contributed by atoms with Crippen LogP contribution >= 0.6 is 11.6 Å². The molecule has 24 heavy (non-hydrogen) atoms. The Morgan fingerprint density at radius 2 is 1.71 bits per heavy atom. The normalized spacial score (nSPS) is 16.8. The molecule has 0 radical (unpaired) electrons. The van der Waals surface area contributed by atoms with Crippen molar-refractivity contribution >= 4 is 17.5 Å². The van der Waals surface area contributed by atoms with Crippen molar-refractivity contribution in [3.8, 4) is 0 Å². The van der Waals surface area contributed by atoms with Crippen LogP contribution in [0.2, 0.25) is 5.02 Å². The van der Waals surface area contributed by atoms with Gasteiger partial charge in [0.15, 0.2) is 0 Å². The fourth-order valence-electron chi connectivity index (χ4n) is 3.42. The maximum atomic E-state index is 12.6. The van der Waals surface area contributed by atoms with Crippen molar-refractivity contribution in [1.82, 2.24) is 4.90 Å².